The normalized spacial score (nSPS) is 24.2. The van der Waals surface area contributed by atoms with E-state index in [1.165, 1.54) is 71.1 Å². The number of carbonyl (C=O) groups is 1. The van der Waals surface area contributed by atoms with E-state index >= 15 is 0 Å². The molecule has 2 aliphatic heterocycles. The largest absolute Gasteiger partial charge is 0.375 e. The predicted molar refractivity (Wildman–Crippen MR) is 89.9 cm³/mol. The zero-order valence-electron chi connectivity index (χ0n) is 13.8. The number of terminal acetylenes is 1. The maximum absolute atomic E-state index is 9.35. The molecule has 0 aromatic carbocycles. The lowest BCUT2D eigenvalue weighted by molar-refractivity contribution is -0.112. The van der Waals surface area contributed by atoms with Crippen LogP contribution in [0.3, 0.4) is 0 Å². The molecule has 0 aromatic rings. The van der Waals surface area contributed by atoms with Gasteiger partial charge < -0.3 is 15.5 Å². The van der Waals surface area contributed by atoms with Crippen molar-refractivity contribution in [2.24, 2.45) is 11.1 Å². The van der Waals surface area contributed by atoms with Crippen LogP contribution < -0.4 is 5.73 Å². The zero-order valence-corrected chi connectivity index (χ0v) is 13.8. The maximum atomic E-state index is 9.35. The van der Waals surface area contributed by atoms with E-state index in [0.717, 1.165) is 0 Å². The van der Waals surface area contributed by atoms with Crippen LogP contribution in [0.1, 0.15) is 44.9 Å². The number of hydrogen-bond donors (Lipinski definition) is 1. The van der Waals surface area contributed by atoms with Crippen LogP contribution in [-0.4, -0.2) is 48.9 Å². The van der Waals surface area contributed by atoms with Crippen LogP contribution in [0.15, 0.2) is 11.8 Å². The molecule has 0 aromatic heterocycles. The maximum Gasteiger partial charge on any atom is 0.293 e. The van der Waals surface area contributed by atoms with Gasteiger partial charge in [-0.3, -0.25) is 4.79 Å². The summed E-state index contributed by atoms with van der Waals surface area (Å²) in [6.45, 7) is 5.27. The van der Waals surface area contributed by atoms with Gasteiger partial charge in [0.25, 0.3) is 5.91 Å². The van der Waals surface area contributed by atoms with E-state index in [2.05, 4.69) is 35.1 Å². The second-order valence-electron chi connectivity index (χ2n) is 6.91. The van der Waals surface area contributed by atoms with Gasteiger partial charge in [-0.25, -0.2) is 0 Å². The van der Waals surface area contributed by atoms with Crippen LogP contribution in [0.2, 0.25) is 0 Å². The lowest BCUT2D eigenvalue weighted by Crippen LogP contribution is -2.39. The number of rotatable bonds is 1. The molecule has 4 nitrogen and oxygen atoms in total. The fraction of sp³-hybridized carbons (Fsp3) is 0.722. The monoisotopic (exact) mass is 303 g/mol. The Morgan fingerprint density at radius 1 is 1.23 bits per heavy atom. The second-order valence-corrected chi connectivity index (χ2v) is 6.91. The predicted octanol–water partition coefficient (Wildman–Crippen LogP) is 1.97. The van der Waals surface area contributed by atoms with Crippen molar-refractivity contribution in [3.8, 4) is 12.3 Å². The lowest BCUT2D eigenvalue weighted by Gasteiger charge is -2.43. The summed E-state index contributed by atoms with van der Waals surface area (Å²) in [6.07, 6.45) is 16.9. The van der Waals surface area contributed by atoms with Crippen LogP contribution in [0, 0.1) is 17.8 Å². The first-order valence-corrected chi connectivity index (χ1v) is 8.43. The van der Waals surface area contributed by atoms with Crippen molar-refractivity contribution in [1.82, 2.24) is 9.80 Å². The highest BCUT2D eigenvalue weighted by Crippen LogP contribution is 2.44. The van der Waals surface area contributed by atoms with Gasteiger partial charge in [-0.1, -0.05) is 6.08 Å². The molecule has 0 atom stereocenters. The van der Waals surface area contributed by atoms with Crippen molar-refractivity contribution in [2.75, 3.05) is 33.2 Å². The molecule has 3 aliphatic rings. The van der Waals surface area contributed by atoms with Crippen molar-refractivity contribution < 1.29 is 4.79 Å². The van der Waals surface area contributed by atoms with Gasteiger partial charge in [0.05, 0.1) is 0 Å². The van der Waals surface area contributed by atoms with E-state index < -0.39 is 5.91 Å². The number of piperidine rings is 1. The van der Waals surface area contributed by atoms with Gasteiger partial charge in [-0.05, 0) is 76.4 Å². The molecule has 1 aliphatic carbocycles. The fourth-order valence-corrected chi connectivity index (χ4v) is 3.77. The topological polar surface area (TPSA) is 49.6 Å². The Balaban J connectivity index is 0.000000309. The molecule has 1 spiro atoms. The van der Waals surface area contributed by atoms with Crippen LogP contribution in [0.25, 0.3) is 0 Å². The van der Waals surface area contributed by atoms with Crippen molar-refractivity contribution in [3.63, 3.8) is 0 Å². The summed E-state index contributed by atoms with van der Waals surface area (Å²) in [6, 6.07) is 0. The van der Waals surface area contributed by atoms with Gasteiger partial charge in [0, 0.05) is 18.8 Å². The van der Waals surface area contributed by atoms with Crippen molar-refractivity contribution >= 4 is 5.91 Å². The highest BCUT2D eigenvalue weighted by Gasteiger charge is 2.35. The first-order valence-electron chi connectivity index (χ1n) is 8.43. The number of primary amides is 1. The van der Waals surface area contributed by atoms with Crippen molar-refractivity contribution in [3.05, 3.63) is 11.8 Å². The number of allylic oxidation sites excluding steroid dienone is 2. The van der Waals surface area contributed by atoms with E-state index in [1.54, 1.807) is 11.6 Å². The van der Waals surface area contributed by atoms with Gasteiger partial charge in [0.2, 0.25) is 0 Å². The number of likely N-dealkylation sites (tertiary alicyclic amines) is 2. The average Bonchev–Trinajstić information content (AvgIpc) is 3.06. The third kappa shape index (κ3) is 4.51. The Kier molecular flexibility index (Phi) is 5.90. The Morgan fingerprint density at radius 3 is 2.27 bits per heavy atom. The van der Waals surface area contributed by atoms with Gasteiger partial charge in [0.15, 0.2) is 0 Å². The molecule has 22 heavy (non-hydrogen) atoms. The summed E-state index contributed by atoms with van der Waals surface area (Å²) in [5, 5.41) is 0. The van der Waals surface area contributed by atoms with Gasteiger partial charge in [-0.15, -0.1) is 6.42 Å². The summed E-state index contributed by atoms with van der Waals surface area (Å²) < 4.78 is 0. The highest BCUT2D eigenvalue weighted by molar-refractivity contribution is 5.91. The minimum Gasteiger partial charge on any atom is -0.375 e. The van der Waals surface area contributed by atoms with Crippen LogP contribution in [-0.2, 0) is 4.79 Å². The van der Waals surface area contributed by atoms with Crippen LogP contribution >= 0.6 is 0 Å². The molecule has 2 fully saturated rings. The lowest BCUT2D eigenvalue weighted by atomic mass is 9.69. The van der Waals surface area contributed by atoms with E-state index in [1.807, 2.05) is 0 Å². The summed E-state index contributed by atoms with van der Waals surface area (Å²) in [7, 11) is 2.27. The first kappa shape index (κ1) is 16.9. The number of carbonyl (C=O) groups excluding carboxylic acids is 1. The van der Waals surface area contributed by atoms with Gasteiger partial charge in [-0.2, -0.15) is 0 Å². The minimum atomic E-state index is -0.718. The Hall–Kier alpha value is -1.47. The van der Waals surface area contributed by atoms with Gasteiger partial charge >= 0.3 is 0 Å². The summed E-state index contributed by atoms with van der Waals surface area (Å²) >= 11 is 0. The summed E-state index contributed by atoms with van der Waals surface area (Å²) in [5.74, 6) is 0.949. The third-order valence-electron chi connectivity index (χ3n) is 5.38. The molecular formula is C18H29N3O. The summed E-state index contributed by atoms with van der Waals surface area (Å²) in [4.78, 5) is 14.5. The number of amides is 1. The SMILES string of the molecule is C#CC(N)=O.CN1CCC2(CC=C(N3CCCC3)CC2)CC1. The zero-order chi connectivity index (χ0) is 16.0. The highest BCUT2D eigenvalue weighted by atomic mass is 16.1. The fourth-order valence-electron chi connectivity index (χ4n) is 3.77. The number of hydrogen-bond acceptors (Lipinski definition) is 3. The van der Waals surface area contributed by atoms with Crippen LogP contribution in [0.5, 0.6) is 0 Å². The molecule has 0 saturated carbocycles. The van der Waals surface area contributed by atoms with E-state index in [0.29, 0.717) is 5.41 Å². The first-order chi connectivity index (χ1) is 10.5. The molecule has 2 heterocycles. The molecular weight excluding hydrogens is 274 g/mol. The Bertz CT molecular complexity index is 449. The molecule has 0 radical (unpaired) electrons. The quantitative estimate of drug-likeness (QED) is 0.754. The molecule has 2 N–H and O–H groups in total. The standard InChI is InChI=1S/C15H26N2.C3H3NO/c1-16-12-8-15(9-13-16)6-4-14(5-7-15)17-10-2-3-11-17;1-2-3(4)5/h4H,2-3,5-13H2,1H3;1H,(H2,4,5). The Morgan fingerprint density at radius 2 is 1.82 bits per heavy atom. The number of nitrogens with zero attached hydrogens (tertiary/aromatic N) is 2. The Labute approximate surface area is 134 Å². The minimum absolute atomic E-state index is 0.676. The summed E-state index contributed by atoms with van der Waals surface area (Å²) in [5.41, 5.74) is 6.77. The molecule has 2 saturated heterocycles. The van der Waals surface area contributed by atoms with Crippen LogP contribution in [0.4, 0.5) is 0 Å². The molecule has 122 valence electrons. The van der Waals surface area contributed by atoms with E-state index in [4.69, 9.17) is 0 Å². The molecule has 0 bridgehead atoms. The van der Waals surface area contributed by atoms with Crippen molar-refractivity contribution in [2.45, 2.75) is 44.9 Å². The third-order valence-corrected chi connectivity index (χ3v) is 5.38. The van der Waals surface area contributed by atoms with Crippen molar-refractivity contribution in [1.29, 1.82) is 0 Å². The molecule has 0 unspecified atom stereocenters. The number of nitrogens with two attached hydrogens (primary N) is 1. The second kappa shape index (κ2) is 7.69. The average molecular weight is 303 g/mol. The molecule has 1 amide bonds. The smallest absolute Gasteiger partial charge is 0.293 e. The van der Waals surface area contributed by atoms with E-state index in [9.17, 15) is 4.79 Å². The molecule has 3 rings (SSSR count). The van der Waals surface area contributed by atoms with Gasteiger partial charge in [0.1, 0.15) is 0 Å². The van der Waals surface area contributed by atoms with E-state index in [-0.39, 0.29) is 0 Å². The molecule has 4 heteroatoms.